The van der Waals surface area contributed by atoms with Crippen LogP contribution in [0.2, 0.25) is 0 Å². The van der Waals surface area contributed by atoms with E-state index in [2.05, 4.69) is 0 Å². The predicted octanol–water partition coefficient (Wildman–Crippen LogP) is 0.855. The molecule has 1 N–H and O–H groups in total. The fraction of sp³-hybridized carbons (Fsp3) is 0.778. The Kier molecular flexibility index (Phi) is 5.67. The minimum Gasteiger partial charge on any atom is -0.481 e. The molecule has 0 atom stereocenters. The van der Waals surface area contributed by atoms with Gasteiger partial charge in [0.05, 0.1) is 6.42 Å². The summed E-state index contributed by atoms with van der Waals surface area (Å²) in [5.74, 6) is -0.879. The van der Waals surface area contributed by atoms with Crippen LogP contribution in [-0.4, -0.2) is 53.6 Å². The van der Waals surface area contributed by atoms with Crippen molar-refractivity contribution < 1.29 is 14.7 Å². The highest BCUT2D eigenvalue weighted by atomic mass is 16.4. The lowest BCUT2D eigenvalue weighted by Crippen LogP contribution is -2.41. The van der Waals surface area contributed by atoms with Crippen LogP contribution in [0.15, 0.2) is 0 Å². The first kappa shape index (κ1) is 12.7. The van der Waals surface area contributed by atoms with Crippen LogP contribution < -0.4 is 0 Å². The van der Waals surface area contributed by atoms with Gasteiger partial charge in [-0.15, -0.1) is 0 Å². The Hall–Kier alpha value is -1.26. The summed E-state index contributed by atoms with van der Waals surface area (Å²) in [6.07, 6.45) is -0.00284. The second-order valence-corrected chi connectivity index (χ2v) is 3.02. The van der Waals surface area contributed by atoms with Crippen molar-refractivity contribution in [2.45, 2.75) is 20.3 Å². The third kappa shape index (κ3) is 4.11. The van der Waals surface area contributed by atoms with Crippen molar-refractivity contribution in [2.24, 2.45) is 0 Å². The zero-order valence-corrected chi connectivity index (χ0v) is 8.99. The molecule has 0 aliphatic carbocycles. The topological polar surface area (TPSA) is 60.9 Å². The largest absolute Gasteiger partial charge is 0.481 e. The van der Waals surface area contributed by atoms with Crippen LogP contribution >= 0.6 is 0 Å². The molecule has 0 aromatic heterocycles. The van der Waals surface area contributed by atoms with Gasteiger partial charge in [-0.1, -0.05) is 0 Å². The van der Waals surface area contributed by atoms with Crippen LogP contribution in [0.3, 0.4) is 0 Å². The molecule has 0 aliphatic heterocycles. The number of hydrogen-bond acceptors (Lipinski definition) is 2. The Balaban J connectivity index is 4.12. The summed E-state index contributed by atoms with van der Waals surface area (Å²) in [5, 5.41) is 8.48. The van der Waals surface area contributed by atoms with E-state index in [0.717, 1.165) is 0 Å². The van der Waals surface area contributed by atoms with E-state index >= 15 is 0 Å². The smallest absolute Gasteiger partial charge is 0.319 e. The Morgan fingerprint density at radius 3 is 2.14 bits per heavy atom. The van der Waals surface area contributed by atoms with Gasteiger partial charge in [-0.25, -0.2) is 4.79 Å². The molecule has 0 heterocycles. The second kappa shape index (κ2) is 6.23. The molecule has 5 heteroatoms. The van der Waals surface area contributed by atoms with Gasteiger partial charge in [-0.3, -0.25) is 4.79 Å². The molecule has 82 valence electrons. The molecule has 0 aromatic carbocycles. The molecule has 0 aliphatic rings. The molecule has 0 saturated heterocycles. The highest BCUT2D eigenvalue weighted by Crippen LogP contribution is 1.98. The molecule has 0 radical (unpaired) electrons. The maximum absolute atomic E-state index is 11.6. The first-order valence-corrected chi connectivity index (χ1v) is 4.74. The third-order valence-electron chi connectivity index (χ3n) is 2.05. The van der Waals surface area contributed by atoms with E-state index in [1.54, 1.807) is 11.9 Å². The Morgan fingerprint density at radius 1 is 1.21 bits per heavy atom. The zero-order valence-electron chi connectivity index (χ0n) is 8.99. The van der Waals surface area contributed by atoms with Gasteiger partial charge in [0, 0.05) is 26.7 Å². The van der Waals surface area contributed by atoms with Crippen molar-refractivity contribution in [3.05, 3.63) is 0 Å². The van der Waals surface area contributed by atoms with Crippen LogP contribution in [0.25, 0.3) is 0 Å². The molecule has 0 spiro atoms. The average Bonchev–Trinajstić information content (AvgIpc) is 2.16. The van der Waals surface area contributed by atoms with Gasteiger partial charge < -0.3 is 14.9 Å². The molecule has 5 nitrogen and oxygen atoms in total. The molecule has 0 unspecified atom stereocenters. The van der Waals surface area contributed by atoms with Crippen LogP contribution in [-0.2, 0) is 4.79 Å². The lowest BCUT2D eigenvalue weighted by atomic mass is 10.4. The van der Waals surface area contributed by atoms with E-state index in [9.17, 15) is 9.59 Å². The first-order chi connectivity index (χ1) is 6.52. The quantitative estimate of drug-likeness (QED) is 0.719. The first-order valence-electron chi connectivity index (χ1n) is 4.74. The number of carboxylic acids is 1. The molecule has 0 saturated carbocycles. The van der Waals surface area contributed by atoms with E-state index in [1.165, 1.54) is 4.90 Å². The average molecular weight is 202 g/mol. The molecule has 0 rings (SSSR count). The molecule has 0 fully saturated rings. The van der Waals surface area contributed by atoms with Gasteiger partial charge in [0.1, 0.15) is 0 Å². The Labute approximate surface area is 84.3 Å². The monoisotopic (exact) mass is 202 g/mol. The number of nitrogens with zero attached hydrogens (tertiary/aromatic N) is 2. The number of carbonyl (C=O) groups excluding carboxylic acids is 1. The van der Waals surface area contributed by atoms with E-state index in [4.69, 9.17) is 5.11 Å². The molecular weight excluding hydrogens is 184 g/mol. The minimum atomic E-state index is -0.879. The number of carbonyl (C=O) groups is 2. The normalized spacial score (nSPS) is 9.64. The maximum Gasteiger partial charge on any atom is 0.319 e. The maximum atomic E-state index is 11.6. The Morgan fingerprint density at radius 2 is 1.79 bits per heavy atom. The summed E-state index contributed by atoms with van der Waals surface area (Å²) in [6.45, 7) is 5.15. The van der Waals surface area contributed by atoms with Crippen LogP contribution in [0.1, 0.15) is 20.3 Å². The van der Waals surface area contributed by atoms with Gasteiger partial charge in [-0.2, -0.15) is 0 Å². The van der Waals surface area contributed by atoms with Crippen molar-refractivity contribution in [3.8, 4) is 0 Å². The lowest BCUT2D eigenvalue weighted by Gasteiger charge is -2.25. The van der Waals surface area contributed by atoms with Gasteiger partial charge in [0.25, 0.3) is 0 Å². The summed E-state index contributed by atoms with van der Waals surface area (Å²) >= 11 is 0. The highest BCUT2D eigenvalue weighted by Gasteiger charge is 2.15. The zero-order chi connectivity index (χ0) is 11.1. The number of urea groups is 1. The second-order valence-electron chi connectivity index (χ2n) is 3.02. The molecule has 0 bridgehead atoms. The Bertz CT molecular complexity index is 206. The minimum absolute atomic E-state index is 0.00284. The van der Waals surface area contributed by atoms with Crippen LogP contribution in [0, 0.1) is 0 Å². The van der Waals surface area contributed by atoms with Crippen molar-refractivity contribution in [1.29, 1.82) is 0 Å². The van der Waals surface area contributed by atoms with Gasteiger partial charge in [0.15, 0.2) is 0 Å². The van der Waals surface area contributed by atoms with E-state index in [0.29, 0.717) is 13.1 Å². The summed E-state index contributed by atoms with van der Waals surface area (Å²) in [4.78, 5) is 25.0. The highest BCUT2D eigenvalue weighted by molar-refractivity contribution is 5.75. The van der Waals surface area contributed by atoms with Gasteiger partial charge in [-0.05, 0) is 13.8 Å². The summed E-state index contributed by atoms with van der Waals surface area (Å²) in [6, 6.07) is -0.115. The lowest BCUT2D eigenvalue weighted by molar-refractivity contribution is -0.137. The third-order valence-corrected chi connectivity index (χ3v) is 2.05. The molecule has 14 heavy (non-hydrogen) atoms. The van der Waals surface area contributed by atoms with Crippen molar-refractivity contribution in [2.75, 3.05) is 26.7 Å². The fourth-order valence-electron chi connectivity index (χ4n) is 0.996. The van der Waals surface area contributed by atoms with Crippen molar-refractivity contribution in [1.82, 2.24) is 9.80 Å². The predicted molar refractivity (Wildman–Crippen MR) is 53.2 cm³/mol. The number of hydrogen-bond donors (Lipinski definition) is 1. The van der Waals surface area contributed by atoms with Crippen molar-refractivity contribution in [3.63, 3.8) is 0 Å². The number of rotatable bonds is 5. The van der Waals surface area contributed by atoms with E-state index < -0.39 is 5.97 Å². The van der Waals surface area contributed by atoms with Gasteiger partial charge in [0.2, 0.25) is 0 Å². The SMILES string of the molecule is CCN(C)C(=O)N(CC)CCC(=O)O. The standard InChI is InChI=1S/C9H18N2O3/c1-4-10(3)9(14)11(5-2)7-6-8(12)13/h4-7H2,1-3H3,(H,12,13). The summed E-state index contributed by atoms with van der Waals surface area (Å²) in [5.41, 5.74) is 0. The summed E-state index contributed by atoms with van der Waals surface area (Å²) < 4.78 is 0. The summed E-state index contributed by atoms with van der Waals surface area (Å²) in [7, 11) is 1.70. The van der Waals surface area contributed by atoms with Crippen LogP contribution in [0.5, 0.6) is 0 Å². The molecule has 0 aromatic rings. The molecular formula is C9H18N2O3. The molecule has 2 amide bonds. The number of aliphatic carboxylic acids is 1. The van der Waals surface area contributed by atoms with E-state index in [-0.39, 0.29) is 19.0 Å². The van der Waals surface area contributed by atoms with Crippen molar-refractivity contribution >= 4 is 12.0 Å². The fourth-order valence-corrected chi connectivity index (χ4v) is 0.996. The number of amides is 2. The van der Waals surface area contributed by atoms with Crippen LogP contribution in [0.4, 0.5) is 4.79 Å². The number of carboxylic acid groups (broad SMARTS) is 1. The van der Waals surface area contributed by atoms with E-state index in [1.807, 2.05) is 13.8 Å². The van der Waals surface area contributed by atoms with Gasteiger partial charge >= 0.3 is 12.0 Å².